The molecule has 3 fully saturated rings. The van der Waals surface area contributed by atoms with E-state index < -0.39 is 5.41 Å². The fraction of sp³-hybridized carbons (Fsp3) is 0.593. The van der Waals surface area contributed by atoms with Crippen molar-refractivity contribution in [1.29, 1.82) is 0 Å². The van der Waals surface area contributed by atoms with E-state index in [1.165, 1.54) is 11.3 Å². The van der Waals surface area contributed by atoms with E-state index in [1.54, 1.807) is 18.1 Å². The van der Waals surface area contributed by atoms with Crippen LogP contribution in [0.4, 0.5) is 0 Å². The smallest absolute Gasteiger partial charge is 0.241 e. The second-order valence-corrected chi connectivity index (χ2v) is 9.69. The third-order valence-electron chi connectivity index (χ3n) is 7.71. The normalized spacial score (nSPS) is 24.2. The van der Waals surface area contributed by atoms with E-state index in [1.807, 2.05) is 18.2 Å². The van der Waals surface area contributed by atoms with E-state index in [9.17, 15) is 14.4 Å². The number of nitrogens with zero attached hydrogens (tertiary/aromatic N) is 2. The highest BCUT2D eigenvalue weighted by Gasteiger charge is 2.56. The summed E-state index contributed by atoms with van der Waals surface area (Å²) in [5, 5.41) is 0. The molecular formula is C27H34N2O4. The lowest BCUT2D eigenvalue weighted by molar-refractivity contribution is -0.145. The number of carbonyl (C=O) groups is 3. The van der Waals surface area contributed by atoms with Crippen molar-refractivity contribution in [2.24, 2.45) is 0 Å². The van der Waals surface area contributed by atoms with Crippen molar-refractivity contribution in [3.8, 4) is 18.1 Å². The minimum atomic E-state index is -1.22. The van der Waals surface area contributed by atoms with E-state index in [2.05, 4.69) is 5.92 Å². The van der Waals surface area contributed by atoms with Crippen LogP contribution in [0.25, 0.3) is 0 Å². The number of hydrogen-bond donors (Lipinski definition) is 0. The number of methoxy groups -OCH3 is 1. The summed E-state index contributed by atoms with van der Waals surface area (Å²) in [5.41, 5.74) is -0.550. The van der Waals surface area contributed by atoms with Gasteiger partial charge in [-0.1, -0.05) is 50.2 Å². The van der Waals surface area contributed by atoms with Gasteiger partial charge < -0.3 is 9.64 Å². The number of likely N-dealkylation sites (tertiary alicyclic amines) is 1. The molecular weight excluding hydrogens is 416 g/mol. The minimum absolute atomic E-state index is 0.00972. The Morgan fingerprint density at radius 1 is 1.15 bits per heavy atom. The topological polar surface area (TPSA) is 66.9 Å². The number of imide groups is 1. The Labute approximate surface area is 196 Å². The van der Waals surface area contributed by atoms with Crippen molar-refractivity contribution < 1.29 is 19.1 Å². The molecule has 4 rings (SSSR count). The molecule has 3 amide bonds. The van der Waals surface area contributed by atoms with Crippen molar-refractivity contribution in [2.75, 3.05) is 13.7 Å². The van der Waals surface area contributed by atoms with Crippen LogP contribution in [-0.4, -0.2) is 53.3 Å². The van der Waals surface area contributed by atoms with E-state index >= 15 is 0 Å². The molecule has 33 heavy (non-hydrogen) atoms. The maximum Gasteiger partial charge on any atom is 0.241 e. The van der Waals surface area contributed by atoms with Gasteiger partial charge in [0, 0.05) is 24.9 Å². The summed E-state index contributed by atoms with van der Waals surface area (Å²) in [5.74, 6) is 2.68. The Kier molecular flexibility index (Phi) is 7.07. The molecule has 176 valence electrons. The Morgan fingerprint density at radius 2 is 1.85 bits per heavy atom. The number of hydrogen-bond acceptors (Lipinski definition) is 4. The summed E-state index contributed by atoms with van der Waals surface area (Å²) in [4.78, 5) is 44.1. The number of benzene rings is 1. The van der Waals surface area contributed by atoms with Crippen LogP contribution >= 0.6 is 0 Å². The van der Waals surface area contributed by atoms with Gasteiger partial charge in [0.1, 0.15) is 5.75 Å². The molecule has 0 spiro atoms. The third kappa shape index (κ3) is 4.51. The SMILES string of the molecule is C#CCN(C(=O)CC1(c2cccc(OC)c2)CC(=O)N(C2CCCC2)C1=O)C1CCCCC1. The van der Waals surface area contributed by atoms with Crippen molar-refractivity contribution in [2.45, 2.75) is 88.1 Å². The van der Waals surface area contributed by atoms with Crippen molar-refractivity contribution in [3.05, 3.63) is 29.8 Å². The quantitative estimate of drug-likeness (QED) is 0.468. The first kappa shape index (κ1) is 23.4. The lowest BCUT2D eigenvalue weighted by Gasteiger charge is -2.36. The molecule has 1 atom stereocenters. The number of amides is 3. The summed E-state index contributed by atoms with van der Waals surface area (Å²) in [6, 6.07) is 7.29. The molecule has 1 aliphatic heterocycles. The van der Waals surface area contributed by atoms with E-state index in [-0.39, 0.29) is 49.2 Å². The fourth-order valence-electron chi connectivity index (χ4n) is 5.95. The molecule has 6 nitrogen and oxygen atoms in total. The Morgan fingerprint density at radius 3 is 2.52 bits per heavy atom. The molecule has 1 aromatic rings. The zero-order valence-electron chi connectivity index (χ0n) is 19.6. The van der Waals surface area contributed by atoms with Crippen LogP contribution in [0.15, 0.2) is 24.3 Å². The predicted octanol–water partition coefficient (Wildman–Crippen LogP) is 3.82. The van der Waals surface area contributed by atoms with Gasteiger partial charge in [-0.3, -0.25) is 19.3 Å². The van der Waals surface area contributed by atoms with E-state index in [0.717, 1.165) is 51.4 Å². The van der Waals surface area contributed by atoms with Crippen LogP contribution in [-0.2, 0) is 19.8 Å². The number of terminal acetylenes is 1. The van der Waals surface area contributed by atoms with Crippen LogP contribution in [0.3, 0.4) is 0 Å². The third-order valence-corrected chi connectivity index (χ3v) is 7.71. The number of ether oxygens (including phenoxy) is 1. The zero-order valence-corrected chi connectivity index (χ0v) is 19.6. The average molecular weight is 451 g/mol. The molecule has 1 unspecified atom stereocenters. The standard InChI is InChI=1S/C27H34N2O4/c1-3-16-28(21-11-5-4-6-12-21)24(30)18-27(20-10-9-15-23(17-20)33-2)19-25(31)29(26(27)32)22-13-7-8-14-22/h1,9-10,15,17,21-22H,4-8,11-14,16,18-19H2,2H3. The molecule has 2 saturated carbocycles. The summed E-state index contributed by atoms with van der Waals surface area (Å²) in [6.07, 6.45) is 14.5. The van der Waals surface area contributed by atoms with Crippen molar-refractivity contribution in [3.63, 3.8) is 0 Å². The van der Waals surface area contributed by atoms with E-state index in [4.69, 9.17) is 11.2 Å². The highest BCUT2D eigenvalue weighted by Crippen LogP contribution is 2.44. The van der Waals surface area contributed by atoms with Gasteiger partial charge in [0.2, 0.25) is 17.7 Å². The maximum absolute atomic E-state index is 14.0. The van der Waals surface area contributed by atoms with Crippen LogP contribution in [0.5, 0.6) is 5.75 Å². The molecule has 1 heterocycles. The molecule has 3 aliphatic rings. The van der Waals surface area contributed by atoms with Gasteiger partial charge in [-0.15, -0.1) is 6.42 Å². The molecule has 0 radical (unpaired) electrons. The number of rotatable bonds is 7. The second-order valence-electron chi connectivity index (χ2n) is 9.69. The van der Waals surface area contributed by atoms with Gasteiger partial charge in [0.15, 0.2) is 0 Å². The predicted molar refractivity (Wildman–Crippen MR) is 125 cm³/mol. The van der Waals surface area contributed by atoms with Crippen molar-refractivity contribution in [1.82, 2.24) is 9.80 Å². The maximum atomic E-state index is 14.0. The molecule has 0 N–H and O–H groups in total. The minimum Gasteiger partial charge on any atom is -0.497 e. The molecule has 0 aromatic heterocycles. The van der Waals surface area contributed by atoms with E-state index in [0.29, 0.717) is 11.3 Å². The first-order valence-corrected chi connectivity index (χ1v) is 12.2. The van der Waals surface area contributed by atoms with Gasteiger partial charge in [0.05, 0.1) is 19.1 Å². The Balaban J connectivity index is 1.70. The molecule has 1 saturated heterocycles. The average Bonchev–Trinajstić information content (AvgIpc) is 3.44. The largest absolute Gasteiger partial charge is 0.497 e. The van der Waals surface area contributed by atoms with Gasteiger partial charge in [-0.25, -0.2) is 0 Å². The summed E-state index contributed by atoms with van der Waals surface area (Å²) >= 11 is 0. The fourth-order valence-corrected chi connectivity index (χ4v) is 5.95. The lowest BCUT2D eigenvalue weighted by atomic mass is 9.75. The first-order valence-electron chi connectivity index (χ1n) is 12.2. The van der Waals surface area contributed by atoms with Crippen LogP contribution in [0.1, 0.15) is 76.2 Å². The lowest BCUT2D eigenvalue weighted by Crippen LogP contribution is -2.48. The first-order chi connectivity index (χ1) is 16.0. The summed E-state index contributed by atoms with van der Waals surface area (Å²) < 4.78 is 5.40. The Hall–Kier alpha value is -2.81. The number of carbonyl (C=O) groups excluding carboxylic acids is 3. The molecule has 1 aromatic carbocycles. The van der Waals surface area contributed by atoms with Crippen LogP contribution in [0.2, 0.25) is 0 Å². The highest BCUT2D eigenvalue weighted by molar-refractivity contribution is 6.11. The van der Waals surface area contributed by atoms with Gasteiger partial charge >= 0.3 is 0 Å². The highest BCUT2D eigenvalue weighted by atomic mass is 16.5. The van der Waals surface area contributed by atoms with Gasteiger partial charge in [-0.05, 0) is 43.4 Å². The van der Waals surface area contributed by atoms with Crippen LogP contribution in [0, 0.1) is 12.3 Å². The summed E-state index contributed by atoms with van der Waals surface area (Å²) in [7, 11) is 1.57. The van der Waals surface area contributed by atoms with Gasteiger partial charge in [-0.2, -0.15) is 0 Å². The summed E-state index contributed by atoms with van der Waals surface area (Å²) in [6.45, 7) is 0.228. The molecule has 6 heteroatoms. The molecule has 2 aliphatic carbocycles. The van der Waals surface area contributed by atoms with Gasteiger partial charge in [0.25, 0.3) is 0 Å². The van der Waals surface area contributed by atoms with Crippen molar-refractivity contribution >= 4 is 17.7 Å². The zero-order chi connectivity index (χ0) is 23.4. The second kappa shape index (κ2) is 9.99. The Bertz CT molecular complexity index is 940. The monoisotopic (exact) mass is 450 g/mol. The molecule has 0 bridgehead atoms. The van der Waals surface area contributed by atoms with Crippen LogP contribution < -0.4 is 4.74 Å².